The van der Waals surface area contributed by atoms with Gasteiger partial charge in [0.1, 0.15) is 23.5 Å². The summed E-state index contributed by atoms with van der Waals surface area (Å²) in [7, 11) is 0. The average molecular weight is 489 g/mol. The number of ether oxygens (including phenoxy) is 1. The number of pyridine rings is 1. The third-order valence-corrected chi connectivity index (χ3v) is 6.83. The number of hydrogen-bond acceptors (Lipinski definition) is 5. The first-order valence-electron chi connectivity index (χ1n) is 11.2. The van der Waals surface area contributed by atoms with Crippen LogP contribution in [0.2, 0.25) is 10.0 Å². The second kappa shape index (κ2) is 10.6. The van der Waals surface area contributed by atoms with Crippen molar-refractivity contribution >= 4 is 29.1 Å². The summed E-state index contributed by atoms with van der Waals surface area (Å²) in [5.74, 6) is 0.704. The van der Waals surface area contributed by atoms with Crippen LogP contribution in [0.25, 0.3) is 0 Å². The van der Waals surface area contributed by atoms with Gasteiger partial charge in [0.05, 0.1) is 15.6 Å². The Bertz CT molecular complexity index is 1120. The van der Waals surface area contributed by atoms with Gasteiger partial charge >= 0.3 is 0 Å². The molecule has 0 atom stereocenters. The number of nitrogens with one attached hydrogen (secondary N) is 2. The number of amides is 1. The van der Waals surface area contributed by atoms with E-state index in [1.54, 1.807) is 12.1 Å². The standard InChI is InChI=1S/C24H26Cl2N4O3/c25-20-5-4-18(13-21(20)26)33-17-6-10-30(11-7-17)9-1-8-28-24(32)19-12-16(14-27)23(31)29-22(19)15-2-3-15/h4-5,12-13,15,17H,1-3,6-11H2,(H,28,32)(H,29,31). The molecule has 174 valence electrons. The second-order valence-corrected chi connectivity index (χ2v) is 9.38. The molecule has 2 fully saturated rings. The van der Waals surface area contributed by atoms with Gasteiger partial charge in [0.15, 0.2) is 0 Å². The predicted octanol–water partition coefficient (Wildman–Crippen LogP) is 4.09. The van der Waals surface area contributed by atoms with Crippen molar-refractivity contribution in [2.75, 3.05) is 26.2 Å². The molecule has 1 amide bonds. The molecule has 2 N–H and O–H groups in total. The van der Waals surface area contributed by atoms with Gasteiger partial charge in [0.2, 0.25) is 0 Å². The summed E-state index contributed by atoms with van der Waals surface area (Å²) in [6, 6.07) is 8.59. The van der Waals surface area contributed by atoms with Crippen molar-refractivity contribution in [2.24, 2.45) is 0 Å². The quantitative estimate of drug-likeness (QED) is 0.545. The molecule has 33 heavy (non-hydrogen) atoms. The van der Waals surface area contributed by atoms with Gasteiger partial charge in [0, 0.05) is 31.4 Å². The van der Waals surface area contributed by atoms with Gasteiger partial charge in [-0.05, 0) is 62.8 Å². The number of hydrogen-bond donors (Lipinski definition) is 2. The van der Waals surface area contributed by atoms with Gasteiger partial charge < -0.3 is 19.9 Å². The highest BCUT2D eigenvalue weighted by Gasteiger charge is 2.30. The molecule has 1 aliphatic carbocycles. The smallest absolute Gasteiger partial charge is 0.266 e. The number of nitrogens with zero attached hydrogens (tertiary/aromatic N) is 2. The third-order valence-electron chi connectivity index (χ3n) is 6.09. The molecule has 1 saturated heterocycles. The van der Waals surface area contributed by atoms with Gasteiger partial charge in [-0.25, -0.2) is 0 Å². The van der Waals surface area contributed by atoms with Gasteiger partial charge in [-0.1, -0.05) is 23.2 Å². The lowest BCUT2D eigenvalue weighted by atomic mass is 10.1. The van der Waals surface area contributed by atoms with E-state index in [0.717, 1.165) is 57.5 Å². The van der Waals surface area contributed by atoms with Crippen molar-refractivity contribution in [1.82, 2.24) is 15.2 Å². The van der Waals surface area contributed by atoms with Crippen LogP contribution in [0.1, 0.15) is 59.6 Å². The van der Waals surface area contributed by atoms with E-state index in [2.05, 4.69) is 15.2 Å². The molecule has 2 aromatic rings. The number of likely N-dealkylation sites (tertiary alicyclic amines) is 1. The Labute approximate surface area is 202 Å². The first-order chi connectivity index (χ1) is 15.9. The predicted molar refractivity (Wildman–Crippen MR) is 127 cm³/mol. The van der Waals surface area contributed by atoms with Crippen LogP contribution in [0.15, 0.2) is 29.1 Å². The van der Waals surface area contributed by atoms with E-state index < -0.39 is 5.56 Å². The van der Waals surface area contributed by atoms with E-state index in [0.29, 0.717) is 27.8 Å². The summed E-state index contributed by atoms with van der Waals surface area (Å²) in [4.78, 5) is 29.7. The highest BCUT2D eigenvalue weighted by atomic mass is 35.5. The summed E-state index contributed by atoms with van der Waals surface area (Å²) in [6.07, 6.45) is 4.71. The molecule has 1 saturated carbocycles. The average Bonchev–Trinajstić information content (AvgIpc) is 3.65. The summed E-state index contributed by atoms with van der Waals surface area (Å²) in [5.41, 5.74) is 0.604. The highest BCUT2D eigenvalue weighted by molar-refractivity contribution is 6.42. The van der Waals surface area contributed by atoms with E-state index in [1.165, 1.54) is 6.07 Å². The van der Waals surface area contributed by atoms with Crippen LogP contribution in [0.4, 0.5) is 0 Å². The minimum absolute atomic E-state index is 0.0319. The molecule has 1 aliphatic heterocycles. The van der Waals surface area contributed by atoms with Crippen LogP contribution in [0.5, 0.6) is 5.75 Å². The number of piperidine rings is 1. The van der Waals surface area contributed by atoms with Crippen molar-refractivity contribution in [2.45, 2.75) is 44.1 Å². The number of halogens is 2. The number of benzene rings is 1. The Kier molecular flexibility index (Phi) is 7.59. The van der Waals surface area contributed by atoms with E-state index in [4.69, 9.17) is 33.2 Å². The minimum Gasteiger partial charge on any atom is -0.490 e. The number of nitriles is 1. The molecule has 2 aliphatic rings. The Morgan fingerprint density at radius 1 is 1.18 bits per heavy atom. The fraction of sp³-hybridized carbons (Fsp3) is 0.458. The Balaban J connectivity index is 1.20. The SMILES string of the molecule is N#Cc1cc(C(=O)NCCCN2CCC(Oc3ccc(Cl)c(Cl)c3)CC2)c(C2CC2)[nH]c1=O. The van der Waals surface area contributed by atoms with E-state index in [-0.39, 0.29) is 23.5 Å². The van der Waals surface area contributed by atoms with Gasteiger partial charge in [-0.3, -0.25) is 9.59 Å². The van der Waals surface area contributed by atoms with Crippen molar-refractivity contribution in [3.05, 3.63) is 61.5 Å². The third kappa shape index (κ3) is 6.08. The molecule has 9 heteroatoms. The van der Waals surface area contributed by atoms with E-state index in [1.807, 2.05) is 12.1 Å². The van der Waals surface area contributed by atoms with Crippen LogP contribution in [0.3, 0.4) is 0 Å². The number of aromatic amines is 1. The maximum absolute atomic E-state index is 12.7. The summed E-state index contributed by atoms with van der Waals surface area (Å²) in [5, 5.41) is 13.1. The molecular formula is C24H26Cl2N4O3. The van der Waals surface area contributed by atoms with Crippen LogP contribution < -0.4 is 15.6 Å². The lowest BCUT2D eigenvalue weighted by Gasteiger charge is -2.32. The van der Waals surface area contributed by atoms with Crippen molar-refractivity contribution in [3.8, 4) is 11.8 Å². The molecule has 1 aromatic carbocycles. The maximum atomic E-state index is 12.7. The van der Waals surface area contributed by atoms with Crippen molar-refractivity contribution in [3.63, 3.8) is 0 Å². The van der Waals surface area contributed by atoms with Gasteiger partial charge in [-0.15, -0.1) is 0 Å². The van der Waals surface area contributed by atoms with Gasteiger partial charge in [0.25, 0.3) is 11.5 Å². The first-order valence-corrected chi connectivity index (χ1v) is 12.0. The summed E-state index contributed by atoms with van der Waals surface area (Å²) < 4.78 is 6.03. The number of carbonyl (C=O) groups is 1. The molecular weight excluding hydrogens is 463 g/mol. The Morgan fingerprint density at radius 3 is 2.61 bits per heavy atom. The minimum atomic E-state index is -0.428. The molecule has 0 spiro atoms. The van der Waals surface area contributed by atoms with Crippen LogP contribution >= 0.6 is 23.2 Å². The number of aromatic nitrogens is 1. The van der Waals surface area contributed by atoms with Crippen molar-refractivity contribution in [1.29, 1.82) is 5.26 Å². The zero-order valence-electron chi connectivity index (χ0n) is 18.2. The van der Waals surface area contributed by atoms with Crippen LogP contribution in [-0.2, 0) is 0 Å². The fourth-order valence-corrected chi connectivity index (χ4v) is 4.39. The normalized spacial score (nSPS) is 16.9. The molecule has 0 radical (unpaired) electrons. The Hall–Kier alpha value is -2.53. The molecule has 0 unspecified atom stereocenters. The largest absolute Gasteiger partial charge is 0.490 e. The number of rotatable bonds is 8. The maximum Gasteiger partial charge on any atom is 0.266 e. The fourth-order valence-electron chi connectivity index (χ4n) is 4.10. The van der Waals surface area contributed by atoms with Gasteiger partial charge in [-0.2, -0.15) is 5.26 Å². The molecule has 7 nitrogen and oxygen atoms in total. The first kappa shape index (κ1) is 23.6. The second-order valence-electron chi connectivity index (χ2n) is 8.57. The zero-order chi connectivity index (χ0) is 23.4. The van der Waals surface area contributed by atoms with E-state index in [9.17, 15) is 9.59 Å². The molecule has 1 aromatic heterocycles. The van der Waals surface area contributed by atoms with Crippen molar-refractivity contribution < 1.29 is 9.53 Å². The van der Waals surface area contributed by atoms with E-state index >= 15 is 0 Å². The topological polar surface area (TPSA) is 98.2 Å². The monoisotopic (exact) mass is 488 g/mol. The lowest BCUT2D eigenvalue weighted by Crippen LogP contribution is -2.39. The number of carbonyl (C=O) groups excluding carboxylic acids is 1. The molecule has 4 rings (SSSR count). The van der Waals surface area contributed by atoms with Crippen LogP contribution in [-0.4, -0.2) is 48.1 Å². The lowest BCUT2D eigenvalue weighted by molar-refractivity contribution is 0.0934. The summed E-state index contributed by atoms with van der Waals surface area (Å²) in [6.45, 7) is 3.27. The number of H-pyrrole nitrogens is 1. The van der Waals surface area contributed by atoms with Crippen LogP contribution in [0, 0.1) is 11.3 Å². The Morgan fingerprint density at radius 2 is 1.94 bits per heavy atom. The summed E-state index contributed by atoms with van der Waals surface area (Å²) >= 11 is 12.0. The highest BCUT2D eigenvalue weighted by Crippen LogP contribution is 2.40. The molecule has 0 bridgehead atoms. The molecule has 2 heterocycles. The zero-order valence-corrected chi connectivity index (χ0v) is 19.7.